The van der Waals surface area contributed by atoms with Crippen LogP contribution in [-0.2, 0) is 35.0 Å². The average molecular weight is 1040 g/mol. The van der Waals surface area contributed by atoms with Crippen molar-refractivity contribution < 1.29 is 51.2 Å². The minimum atomic E-state index is -1.02. The lowest BCUT2D eigenvalue weighted by Crippen LogP contribution is -3.00. The molecule has 5 heterocycles. The molecule has 2 aliphatic heterocycles. The Morgan fingerprint density at radius 3 is 1.86 bits per heavy atom. The van der Waals surface area contributed by atoms with E-state index in [0.717, 1.165) is 18.4 Å². The Labute approximate surface area is 432 Å². The van der Waals surface area contributed by atoms with Gasteiger partial charge in [0.1, 0.15) is 24.4 Å². The maximum absolute atomic E-state index is 14.5. The number of aromatic nitrogens is 9. The molecule has 0 radical (unpaired) electrons. The van der Waals surface area contributed by atoms with Crippen LogP contribution in [0, 0.1) is 24.2 Å². The summed E-state index contributed by atoms with van der Waals surface area (Å²) in [5.41, 5.74) is 14.9. The summed E-state index contributed by atoms with van der Waals surface area (Å²) >= 11 is 0. The Bertz CT molecular complexity index is 2370. The molecule has 5 atom stereocenters. The van der Waals surface area contributed by atoms with Gasteiger partial charge in [-0.15, -0.1) is 16.6 Å². The summed E-state index contributed by atoms with van der Waals surface area (Å²) in [6.45, 7) is 13.7. The molecule has 0 bridgehead atoms. The Morgan fingerprint density at radius 1 is 0.767 bits per heavy atom. The van der Waals surface area contributed by atoms with Gasteiger partial charge < -0.3 is 73.2 Å². The third kappa shape index (κ3) is 16.9. The second kappa shape index (κ2) is 28.9. The van der Waals surface area contributed by atoms with Crippen molar-refractivity contribution >= 4 is 35.6 Å². The molecular weight excluding hydrogens is 964 g/mol. The molecule has 24 nitrogen and oxygen atoms in total. The molecule has 0 aliphatic carbocycles. The summed E-state index contributed by atoms with van der Waals surface area (Å²) in [4.78, 5) is 62.4. The van der Waals surface area contributed by atoms with E-state index in [1.54, 1.807) is 46.2 Å². The van der Waals surface area contributed by atoms with Gasteiger partial charge in [-0.1, -0.05) is 62.6 Å². The molecule has 4 aromatic rings. The number of nitrogens with zero attached hydrogens (tertiary/aromatic N) is 13. The number of phenolic OH excluding ortho intramolecular Hbond substituents is 1. The monoisotopic (exact) mass is 1040 g/mol. The van der Waals surface area contributed by atoms with Gasteiger partial charge in [-0.05, 0) is 42.4 Å². The number of hydrogen-bond donors (Lipinski definition) is 5. The highest BCUT2D eigenvalue weighted by Gasteiger charge is 2.34. The lowest BCUT2D eigenvalue weighted by Gasteiger charge is -2.38. The fraction of sp³-hybridized carbons (Fsp3) is 0.625. The van der Waals surface area contributed by atoms with Gasteiger partial charge in [0.15, 0.2) is 0 Å². The molecule has 2 aliphatic rings. The number of carboxylic acids is 1. The van der Waals surface area contributed by atoms with E-state index >= 15 is 0 Å². The Morgan fingerprint density at radius 2 is 1.30 bits per heavy atom. The van der Waals surface area contributed by atoms with Crippen LogP contribution in [0.2, 0.25) is 0 Å². The first kappa shape index (κ1) is 57.7. The van der Waals surface area contributed by atoms with Crippen LogP contribution in [0.25, 0.3) is 0 Å². The van der Waals surface area contributed by atoms with Gasteiger partial charge in [0, 0.05) is 71.7 Å². The van der Waals surface area contributed by atoms with Crippen LogP contribution in [-0.4, -0.2) is 181 Å². The standard InChI is InChI=1S/C48H72N16O8.ClH/c1-6-23-70-25-27-72-28-26-71-24-14-51-46-52-47(61-19-15-59(16-20-61)44(68)40(12-13-42(66)67)63-32-39(56-58-63)43(50)34(5)7-2)54-48(53-46)62-21-17-60(18-22-62)45(69)41(30-35-8-10-36(65)11-9-35)64-31-38(55-57-64)37(49)29-33(3)4;/h1,8-11,31-34,37,40-41,43,65H,7,12-30,49-50H2,2-5H3,(H,66,67)(H,51,52,53,54);1H/p-1/t34-,37?,40+,41+,43?;/m1./s1. The zero-order valence-corrected chi connectivity index (χ0v) is 43.1. The molecule has 0 saturated carbocycles. The van der Waals surface area contributed by atoms with Crippen LogP contribution in [0.15, 0.2) is 36.7 Å². The van der Waals surface area contributed by atoms with E-state index in [4.69, 9.17) is 47.1 Å². The molecule has 3 aromatic heterocycles. The normalized spacial score (nSPS) is 16.1. The topological polar surface area (TPSA) is 296 Å². The Balaban J connectivity index is 0.00000988. The maximum Gasteiger partial charge on any atom is 0.303 e. The number of carbonyl (C=O) groups excluding carboxylic acids is 2. The predicted molar refractivity (Wildman–Crippen MR) is 267 cm³/mol. The van der Waals surface area contributed by atoms with Crippen LogP contribution in [0.5, 0.6) is 5.75 Å². The van der Waals surface area contributed by atoms with Crippen molar-refractivity contribution in [1.29, 1.82) is 0 Å². The van der Waals surface area contributed by atoms with Crippen LogP contribution in [0.3, 0.4) is 0 Å². The number of terminal acetylenes is 1. The summed E-state index contributed by atoms with van der Waals surface area (Å²) in [6, 6.07) is 4.47. The van der Waals surface area contributed by atoms with Gasteiger partial charge in [0.2, 0.25) is 29.7 Å². The van der Waals surface area contributed by atoms with E-state index < -0.39 is 18.1 Å². The quantitative estimate of drug-likeness (QED) is 0.0331. The number of amides is 2. The van der Waals surface area contributed by atoms with E-state index in [2.05, 4.69) is 45.7 Å². The number of nitrogens with two attached hydrogens (primary N) is 2. The van der Waals surface area contributed by atoms with Crippen molar-refractivity contribution in [2.45, 2.75) is 84.0 Å². The molecular formula is C48H72ClN16O8-. The highest BCUT2D eigenvalue weighted by Crippen LogP contribution is 2.27. The minimum absolute atomic E-state index is 0. The molecule has 2 unspecified atom stereocenters. The molecule has 400 valence electrons. The second-order valence-electron chi connectivity index (χ2n) is 18.5. The fourth-order valence-electron chi connectivity index (χ4n) is 8.36. The smallest absolute Gasteiger partial charge is 0.303 e. The summed E-state index contributed by atoms with van der Waals surface area (Å²) < 4.78 is 19.6. The second-order valence-corrected chi connectivity index (χ2v) is 18.5. The summed E-state index contributed by atoms with van der Waals surface area (Å²) in [5, 5.41) is 40.0. The number of halogens is 1. The zero-order valence-electron chi connectivity index (χ0n) is 42.3. The first-order valence-electron chi connectivity index (χ1n) is 24.8. The van der Waals surface area contributed by atoms with Gasteiger partial charge in [0.05, 0.1) is 68.9 Å². The minimum Gasteiger partial charge on any atom is -1.00 e. The van der Waals surface area contributed by atoms with Crippen molar-refractivity contribution in [3.63, 3.8) is 0 Å². The number of hydrogen-bond acceptors (Lipinski definition) is 19. The Hall–Kier alpha value is -6.23. The number of carbonyl (C=O) groups is 3. The third-order valence-electron chi connectivity index (χ3n) is 12.8. The molecule has 0 spiro atoms. The number of rotatable bonds is 28. The van der Waals surface area contributed by atoms with E-state index in [1.165, 1.54) is 4.68 Å². The number of aromatic hydroxyl groups is 1. The Kier molecular flexibility index (Phi) is 22.8. The van der Waals surface area contributed by atoms with E-state index in [9.17, 15) is 24.6 Å². The predicted octanol–water partition coefficient (Wildman–Crippen LogP) is -1.16. The zero-order chi connectivity index (χ0) is 51.6. The summed E-state index contributed by atoms with van der Waals surface area (Å²) in [5.74, 6) is 2.77. The fourth-order valence-corrected chi connectivity index (χ4v) is 8.36. The van der Waals surface area contributed by atoms with Crippen LogP contribution < -0.4 is 39.0 Å². The number of ether oxygens (including phenoxy) is 3. The largest absolute Gasteiger partial charge is 1.00 e. The molecule has 6 rings (SSSR count). The SMILES string of the molecule is C#CCOCCOCCOCCNc1nc(N2CCN(C(=O)[C@H](Cc3ccc(O)cc3)n3cc(C(N)CC(C)C)nn3)CC2)nc(N2CCN(C(=O)[C@H](CCC(=O)O)n3cc(C(N)[C@H](C)CC)nn3)CC2)n1.[Cl-]. The highest BCUT2D eigenvalue weighted by atomic mass is 35.5. The van der Waals surface area contributed by atoms with Crippen molar-refractivity contribution in [3.05, 3.63) is 53.6 Å². The lowest BCUT2D eigenvalue weighted by atomic mass is 9.98. The molecule has 7 N–H and O–H groups in total. The van der Waals surface area contributed by atoms with Gasteiger partial charge in [0.25, 0.3) is 0 Å². The number of carboxylic acid groups (broad SMARTS) is 1. The molecule has 73 heavy (non-hydrogen) atoms. The molecule has 1 aromatic carbocycles. The number of phenols is 1. The molecule has 25 heteroatoms. The summed E-state index contributed by atoms with van der Waals surface area (Å²) in [7, 11) is 0. The van der Waals surface area contributed by atoms with E-state index in [-0.39, 0.29) is 67.4 Å². The van der Waals surface area contributed by atoms with Crippen LogP contribution in [0.4, 0.5) is 17.8 Å². The number of nitrogens with one attached hydrogen (secondary N) is 1. The van der Waals surface area contributed by atoms with E-state index in [0.29, 0.717) is 134 Å². The average Bonchev–Trinajstić information content (AvgIpc) is 4.09. The third-order valence-corrected chi connectivity index (χ3v) is 12.8. The number of anilines is 3. The number of aliphatic carboxylic acids is 1. The van der Waals surface area contributed by atoms with Crippen LogP contribution in [0.1, 0.15) is 94.5 Å². The van der Waals surface area contributed by atoms with E-state index in [1.807, 2.05) is 28.5 Å². The van der Waals surface area contributed by atoms with Crippen molar-refractivity contribution in [2.24, 2.45) is 23.3 Å². The molecule has 2 fully saturated rings. The van der Waals surface area contributed by atoms with Gasteiger partial charge >= 0.3 is 5.97 Å². The number of piperazine rings is 2. The molecule has 2 amide bonds. The molecule has 2 saturated heterocycles. The van der Waals surface area contributed by atoms with Gasteiger partial charge in [-0.3, -0.25) is 14.4 Å². The lowest BCUT2D eigenvalue weighted by molar-refractivity contribution is -0.139. The van der Waals surface area contributed by atoms with Crippen molar-refractivity contribution in [3.8, 4) is 18.1 Å². The van der Waals surface area contributed by atoms with Crippen LogP contribution >= 0.6 is 0 Å². The summed E-state index contributed by atoms with van der Waals surface area (Å²) in [6.07, 6.45) is 10.3. The first-order valence-corrected chi connectivity index (χ1v) is 24.8. The highest BCUT2D eigenvalue weighted by molar-refractivity contribution is 5.82. The maximum atomic E-state index is 14.5. The van der Waals surface area contributed by atoms with Gasteiger partial charge in [-0.25, -0.2) is 9.36 Å². The van der Waals surface area contributed by atoms with Crippen molar-refractivity contribution in [2.75, 3.05) is 114 Å². The van der Waals surface area contributed by atoms with Crippen molar-refractivity contribution in [1.82, 2.24) is 54.7 Å². The van der Waals surface area contributed by atoms with Gasteiger partial charge in [-0.2, -0.15) is 15.0 Å². The first-order chi connectivity index (χ1) is 34.7. The number of benzene rings is 1.